The molecule has 0 fully saturated rings. The normalized spacial score (nSPS) is 13.8. The summed E-state index contributed by atoms with van der Waals surface area (Å²) in [5, 5.41) is 11.8. The van der Waals surface area contributed by atoms with Crippen molar-refractivity contribution in [3.8, 4) is 0 Å². The summed E-state index contributed by atoms with van der Waals surface area (Å²) in [5.41, 5.74) is 0. The van der Waals surface area contributed by atoms with Crippen molar-refractivity contribution in [2.75, 3.05) is 47.5 Å². The standard InChI is InChI=1S/C66H107NO8/c1-6-8-10-12-14-16-18-20-22-24-26-27-28-29-30-31-32-33-34-35-36-37-39-41-43-45-47-49-51-53-55-57-64(69)75-62(61-74-66(65(70)71)72-59-58-67(3,4)5)60-73-63(68)56-54-52-50-48-46-44-42-40-38-25-23-21-19-17-15-13-11-9-7-2/h8,10,14-17,20-23,26-27,29-30,32-33,35-36,39,41,45,47,62,66H,6-7,9,11-13,18-19,24-25,28,31,34,37-38,40,42-44,46,48-61H2,1-5H3/b10-8-,16-14-,17-15-,22-20-,23-21-,27-26-,30-29-,33-32-,36-35-,41-39-,47-45-. The Morgan fingerprint density at radius 1 is 0.413 bits per heavy atom. The molecule has 0 aromatic carbocycles. The van der Waals surface area contributed by atoms with Gasteiger partial charge in [-0.05, 0) is 116 Å². The topological polar surface area (TPSA) is 111 Å². The van der Waals surface area contributed by atoms with Crippen LogP contribution in [0.3, 0.4) is 0 Å². The Balaban J connectivity index is 4.37. The Morgan fingerprint density at radius 2 is 0.760 bits per heavy atom. The van der Waals surface area contributed by atoms with E-state index >= 15 is 0 Å². The largest absolute Gasteiger partial charge is 0.545 e. The van der Waals surface area contributed by atoms with Crippen molar-refractivity contribution in [1.29, 1.82) is 0 Å². The number of carboxylic acids is 1. The van der Waals surface area contributed by atoms with Crippen LogP contribution in [0.2, 0.25) is 0 Å². The highest BCUT2D eigenvalue weighted by Crippen LogP contribution is 2.14. The van der Waals surface area contributed by atoms with Gasteiger partial charge in [0.1, 0.15) is 13.2 Å². The van der Waals surface area contributed by atoms with E-state index in [0.717, 1.165) is 116 Å². The molecule has 0 aliphatic rings. The first-order chi connectivity index (χ1) is 36.6. The van der Waals surface area contributed by atoms with Crippen LogP contribution < -0.4 is 5.11 Å². The van der Waals surface area contributed by atoms with Crippen molar-refractivity contribution >= 4 is 17.9 Å². The van der Waals surface area contributed by atoms with E-state index in [0.29, 0.717) is 17.4 Å². The summed E-state index contributed by atoms with van der Waals surface area (Å²) < 4.78 is 22.6. The van der Waals surface area contributed by atoms with Gasteiger partial charge in [0.25, 0.3) is 0 Å². The number of carboxylic acid groups (broad SMARTS) is 1. The molecule has 0 saturated heterocycles. The molecule has 0 amide bonds. The molecule has 75 heavy (non-hydrogen) atoms. The van der Waals surface area contributed by atoms with Crippen LogP contribution in [0.1, 0.15) is 206 Å². The van der Waals surface area contributed by atoms with E-state index in [-0.39, 0.29) is 38.6 Å². The Bertz CT molecular complexity index is 1690. The van der Waals surface area contributed by atoms with Gasteiger partial charge < -0.3 is 33.3 Å². The van der Waals surface area contributed by atoms with Crippen LogP contribution in [0.5, 0.6) is 0 Å². The molecule has 2 unspecified atom stereocenters. The number of likely N-dealkylation sites (N-methyl/N-ethyl adjacent to an activating group) is 1. The molecule has 0 spiro atoms. The predicted molar refractivity (Wildman–Crippen MR) is 315 cm³/mol. The Labute approximate surface area is 459 Å². The van der Waals surface area contributed by atoms with E-state index in [1.807, 2.05) is 21.1 Å². The molecule has 424 valence electrons. The van der Waals surface area contributed by atoms with Crippen LogP contribution in [-0.2, 0) is 33.3 Å². The molecule has 0 aliphatic carbocycles. The smallest absolute Gasteiger partial charge is 0.306 e. The van der Waals surface area contributed by atoms with Crippen LogP contribution >= 0.6 is 0 Å². The van der Waals surface area contributed by atoms with Gasteiger partial charge in [-0.15, -0.1) is 0 Å². The number of esters is 2. The second kappa shape index (κ2) is 55.7. The highest BCUT2D eigenvalue weighted by molar-refractivity contribution is 5.70. The summed E-state index contributed by atoms with van der Waals surface area (Å²) in [6, 6.07) is 0. The highest BCUT2D eigenvalue weighted by atomic mass is 16.7. The molecule has 0 rings (SSSR count). The lowest BCUT2D eigenvalue weighted by molar-refractivity contribution is -0.870. The fraction of sp³-hybridized carbons (Fsp3) is 0.621. The van der Waals surface area contributed by atoms with Gasteiger partial charge in [0.2, 0.25) is 0 Å². The van der Waals surface area contributed by atoms with Crippen molar-refractivity contribution in [3.63, 3.8) is 0 Å². The summed E-state index contributed by atoms with van der Waals surface area (Å²) >= 11 is 0. The predicted octanol–water partition coefficient (Wildman–Crippen LogP) is 16.1. The second-order valence-corrected chi connectivity index (χ2v) is 20.2. The summed E-state index contributed by atoms with van der Waals surface area (Å²) in [6.07, 6.45) is 76.4. The van der Waals surface area contributed by atoms with E-state index < -0.39 is 24.3 Å². The number of nitrogens with zero attached hydrogens (tertiary/aromatic N) is 1. The van der Waals surface area contributed by atoms with Gasteiger partial charge in [0.05, 0.1) is 40.3 Å². The third-order valence-electron chi connectivity index (χ3n) is 11.9. The third-order valence-corrected chi connectivity index (χ3v) is 11.9. The van der Waals surface area contributed by atoms with Gasteiger partial charge in [-0.1, -0.05) is 212 Å². The van der Waals surface area contributed by atoms with E-state index in [2.05, 4.69) is 148 Å². The Kier molecular flexibility index (Phi) is 52.3. The molecule has 9 nitrogen and oxygen atoms in total. The molecular formula is C66H107NO8. The fourth-order valence-corrected chi connectivity index (χ4v) is 7.38. The number of rotatable bonds is 52. The van der Waals surface area contributed by atoms with Crippen molar-refractivity contribution in [2.24, 2.45) is 0 Å². The van der Waals surface area contributed by atoms with Crippen molar-refractivity contribution in [1.82, 2.24) is 0 Å². The van der Waals surface area contributed by atoms with E-state index in [4.69, 9.17) is 18.9 Å². The number of carbonyl (C=O) groups is 3. The SMILES string of the molecule is CC/C=C\C/C=C\C/C=C\C/C=C\C/C=C\C/C=C\C/C=C\C/C=C\C/C=C\CCCCCC(=O)OC(COC(=O)CCCCCCCCCCC/C=C\C/C=C\CCCCC)COC(OCC[N+](C)(C)C)C(=O)[O-]. The monoisotopic (exact) mass is 1040 g/mol. The molecule has 0 radical (unpaired) electrons. The number of hydrogen-bond acceptors (Lipinski definition) is 8. The fourth-order valence-electron chi connectivity index (χ4n) is 7.38. The lowest BCUT2D eigenvalue weighted by Crippen LogP contribution is -2.44. The van der Waals surface area contributed by atoms with E-state index in [9.17, 15) is 19.5 Å². The second-order valence-electron chi connectivity index (χ2n) is 20.2. The first-order valence-electron chi connectivity index (χ1n) is 29.3. The van der Waals surface area contributed by atoms with Gasteiger partial charge in [-0.3, -0.25) is 9.59 Å². The van der Waals surface area contributed by atoms with Crippen molar-refractivity contribution < 1.29 is 42.9 Å². The van der Waals surface area contributed by atoms with Crippen LogP contribution in [0.4, 0.5) is 0 Å². The number of carbonyl (C=O) groups excluding carboxylic acids is 3. The number of aliphatic carboxylic acids is 1. The molecule has 0 aromatic heterocycles. The molecule has 0 saturated carbocycles. The van der Waals surface area contributed by atoms with Crippen LogP contribution in [-0.4, -0.2) is 82.3 Å². The number of hydrogen-bond donors (Lipinski definition) is 0. The summed E-state index contributed by atoms with van der Waals surface area (Å²) in [4.78, 5) is 37.3. The zero-order valence-corrected chi connectivity index (χ0v) is 48.1. The first kappa shape index (κ1) is 70.4. The number of ether oxygens (including phenoxy) is 4. The maximum atomic E-state index is 12.9. The molecule has 0 aliphatic heterocycles. The van der Waals surface area contributed by atoms with Crippen molar-refractivity contribution in [2.45, 2.75) is 219 Å². The zero-order chi connectivity index (χ0) is 54.8. The average molecular weight is 1040 g/mol. The lowest BCUT2D eigenvalue weighted by atomic mass is 10.1. The van der Waals surface area contributed by atoms with Gasteiger partial charge >= 0.3 is 11.9 Å². The Hall–Kier alpha value is -4.57. The van der Waals surface area contributed by atoms with Gasteiger partial charge in [0.15, 0.2) is 12.4 Å². The molecule has 9 heteroatoms. The summed E-state index contributed by atoms with van der Waals surface area (Å²) in [6.45, 7) is 4.54. The van der Waals surface area contributed by atoms with Crippen LogP contribution in [0.15, 0.2) is 134 Å². The minimum Gasteiger partial charge on any atom is -0.545 e. The minimum atomic E-state index is -1.64. The molecule has 0 aromatic rings. The van der Waals surface area contributed by atoms with E-state index in [1.165, 1.54) is 57.8 Å². The van der Waals surface area contributed by atoms with Crippen LogP contribution in [0, 0.1) is 0 Å². The minimum absolute atomic E-state index is 0.132. The Morgan fingerprint density at radius 3 is 1.15 bits per heavy atom. The van der Waals surface area contributed by atoms with Crippen molar-refractivity contribution in [3.05, 3.63) is 134 Å². The maximum absolute atomic E-state index is 12.9. The molecule has 0 N–H and O–H groups in total. The van der Waals surface area contributed by atoms with Gasteiger partial charge in [-0.25, -0.2) is 0 Å². The zero-order valence-electron chi connectivity index (χ0n) is 48.1. The van der Waals surface area contributed by atoms with E-state index in [1.54, 1.807) is 0 Å². The molecule has 2 atom stereocenters. The maximum Gasteiger partial charge on any atom is 0.306 e. The molecular weight excluding hydrogens is 935 g/mol. The average Bonchev–Trinajstić information content (AvgIpc) is 3.38. The highest BCUT2D eigenvalue weighted by Gasteiger charge is 2.22. The van der Waals surface area contributed by atoms with Crippen LogP contribution in [0.25, 0.3) is 0 Å². The quantitative estimate of drug-likeness (QED) is 0.0195. The lowest BCUT2D eigenvalue weighted by Gasteiger charge is -2.26. The van der Waals surface area contributed by atoms with Gasteiger partial charge in [0, 0.05) is 12.8 Å². The first-order valence-corrected chi connectivity index (χ1v) is 29.3. The number of quaternary nitrogens is 1. The molecule has 0 bridgehead atoms. The summed E-state index contributed by atoms with van der Waals surface area (Å²) in [7, 11) is 5.90. The summed E-state index contributed by atoms with van der Waals surface area (Å²) in [5.74, 6) is -2.35. The molecule has 0 heterocycles. The third kappa shape index (κ3) is 57.0. The number of allylic oxidation sites excluding steroid dienone is 22. The number of unbranched alkanes of at least 4 members (excludes halogenated alkanes) is 15. The van der Waals surface area contributed by atoms with Gasteiger partial charge in [-0.2, -0.15) is 0 Å².